The monoisotopic (exact) mass is 224 g/mol. The number of nitrogens with one attached hydrogen (secondary N) is 1. The molecule has 1 aliphatic rings. The number of aromatic nitrogens is 1. The summed E-state index contributed by atoms with van der Waals surface area (Å²) in [6.07, 6.45) is 3.49. The topological polar surface area (TPSA) is 84.4 Å². The summed E-state index contributed by atoms with van der Waals surface area (Å²) in [5, 5.41) is 7.01. The Morgan fingerprint density at radius 3 is 2.94 bits per heavy atom. The van der Waals surface area contributed by atoms with Crippen molar-refractivity contribution in [2.45, 2.75) is 25.4 Å². The van der Waals surface area contributed by atoms with E-state index in [1.807, 2.05) is 6.07 Å². The van der Waals surface area contributed by atoms with Gasteiger partial charge < -0.3 is 20.5 Å². The normalized spacial score (nSPS) is 17.6. The molecule has 1 saturated heterocycles. The Bertz CT molecular complexity index is 331. The smallest absolute Gasteiger partial charge is 0.314 e. The molecule has 0 aromatic carbocycles. The molecule has 1 aromatic rings. The number of hydrogen-bond acceptors (Lipinski definition) is 4. The Labute approximate surface area is 93.8 Å². The Balaban J connectivity index is 1.71. The lowest BCUT2D eigenvalue weighted by Gasteiger charge is -2.31. The summed E-state index contributed by atoms with van der Waals surface area (Å²) in [6, 6.07) is 1.93. The van der Waals surface area contributed by atoms with Crippen LogP contribution in [0.4, 0.5) is 4.79 Å². The van der Waals surface area contributed by atoms with Crippen LogP contribution in [0.2, 0.25) is 0 Å². The van der Waals surface area contributed by atoms with Crippen molar-refractivity contribution in [3.8, 4) is 0 Å². The molecule has 0 saturated carbocycles. The van der Waals surface area contributed by atoms with Crippen molar-refractivity contribution >= 4 is 6.03 Å². The van der Waals surface area contributed by atoms with Crippen LogP contribution in [0.15, 0.2) is 16.8 Å². The maximum Gasteiger partial charge on any atom is 0.314 e. The highest BCUT2D eigenvalue weighted by molar-refractivity contribution is 5.72. The molecule has 2 amide bonds. The van der Waals surface area contributed by atoms with E-state index in [0.717, 1.165) is 31.7 Å². The van der Waals surface area contributed by atoms with E-state index in [1.165, 1.54) is 0 Å². The van der Waals surface area contributed by atoms with Crippen LogP contribution in [0.3, 0.4) is 0 Å². The highest BCUT2D eigenvalue weighted by Crippen LogP contribution is 2.10. The van der Waals surface area contributed by atoms with Crippen LogP contribution in [0.5, 0.6) is 0 Å². The van der Waals surface area contributed by atoms with Gasteiger partial charge in [-0.2, -0.15) is 0 Å². The lowest BCUT2D eigenvalue weighted by atomic mass is 10.1. The molecule has 6 heteroatoms. The zero-order chi connectivity index (χ0) is 11.4. The lowest BCUT2D eigenvalue weighted by molar-refractivity contribution is 0.184. The first-order valence-electron chi connectivity index (χ1n) is 5.43. The Kier molecular flexibility index (Phi) is 3.40. The van der Waals surface area contributed by atoms with Gasteiger partial charge in [-0.25, -0.2) is 4.79 Å². The summed E-state index contributed by atoms with van der Waals surface area (Å²) in [6.45, 7) is 2.13. The molecule has 0 aliphatic carbocycles. The van der Waals surface area contributed by atoms with Crippen LogP contribution in [0.1, 0.15) is 18.6 Å². The van der Waals surface area contributed by atoms with Crippen molar-refractivity contribution < 1.29 is 9.32 Å². The number of carbonyl (C=O) groups is 1. The van der Waals surface area contributed by atoms with Crippen LogP contribution in [-0.4, -0.2) is 35.2 Å². The summed E-state index contributed by atoms with van der Waals surface area (Å²) < 4.78 is 4.99. The average Bonchev–Trinajstić information content (AvgIpc) is 2.80. The van der Waals surface area contributed by atoms with Gasteiger partial charge in [0, 0.05) is 25.2 Å². The second-order valence-electron chi connectivity index (χ2n) is 3.96. The number of likely N-dealkylation sites (tertiary alicyclic amines) is 1. The zero-order valence-corrected chi connectivity index (χ0v) is 9.06. The van der Waals surface area contributed by atoms with Gasteiger partial charge in [0.25, 0.3) is 0 Å². The fourth-order valence-electron chi connectivity index (χ4n) is 1.88. The molecule has 1 fully saturated rings. The molecule has 0 radical (unpaired) electrons. The van der Waals surface area contributed by atoms with Gasteiger partial charge in [0.15, 0.2) is 0 Å². The first-order chi connectivity index (χ1) is 7.75. The standard InChI is InChI=1S/C10H16N4O2/c11-10(15)14-5-2-8(3-6-14)12-7-9-1-4-13-16-9/h1,4,8,12H,2-3,5-7H2,(H2,11,15). The number of piperidine rings is 1. The summed E-state index contributed by atoms with van der Waals surface area (Å²) in [5.74, 6) is 0.831. The van der Waals surface area contributed by atoms with E-state index in [0.29, 0.717) is 12.6 Å². The average molecular weight is 224 g/mol. The third kappa shape index (κ3) is 2.73. The Morgan fingerprint density at radius 2 is 2.38 bits per heavy atom. The summed E-state index contributed by atoms with van der Waals surface area (Å²) in [5.41, 5.74) is 5.21. The minimum atomic E-state index is -0.325. The van der Waals surface area contributed by atoms with Crippen LogP contribution in [0.25, 0.3) is 0 Å². The van der Waals surface area contributed by atoms with Crippen molar-refractivity contribution in [2.24, 2.45) is 5.73 Å². The first kappa shape index (κ1) is 10.9. The van der Waals surface area contributed by atoms with Crippen molar-refractivity contribution in [1.82, 2.24) is 15.4 Å². The van der Waals surface area contributed by atoms with Gasteiger partial charge in [-0.15, -0.1) is 0 Å². The molecule has 1 aromatic heterocycles. The Hall–Kier alpha value is -1.56. The molecular formula is C10H16N4O2. The molecule has 0 spiro atoms. The first-order valence-corrected chi connectivity index (χ1v) is 5.43. The third-order valence-electron chi connectivity index (χ3n) is 2.86. The predicted octanol–water partition coefficient (Wildman–Crippen LogP) is 0.307. The van der Waals surface area contributed by atoms with Crippen molar-refractivity contribution in [3.63, 3.8) is 0 Å². The molecule has 2 rings (SSSR count). The second kappa shape index (κ2) is 4.98. The van der Waals surface area contributed by atoms with E-state index >= 15 is 0 Å². The summed E-state index contributed by atoms with van der Waals surface area (Å²) >= 11 is 0. The number of nitrogens with two attached hydrogens (primary N) is 1. The fraction of sp³-hybridized carbons (Fsp3) is 0.600. The fourth-order valence-corrected chi connectivity index (χ4v) is 1.88. The highest BCUT2D eigenvalue weighted by atomic mass is 16.5. The number of hydrogen-bond donors (Lipinski definition) is 2. The molecule has 2 heterocycles. The van der Waals surface area contributed by atoms with E-state index < -0.39 is 0 Å². The molecule has 16 heavy (non-hydrogen) atoms. The number of primary amides is 1. The van der Waals surface area contributed by atoms with Gasteiger partial charge in [0.1, 0.15) is 5.76 Å². The van der Waals surface area contributed by atoms with Crippen LogP contribution in [-0.2, 0) is 6.54 Å². The van der Waals surface area contributed by atoms with Crippen LogP contribution in [0, 0.1) is 0 Å². The van der Waals surface area contributed by atoms with Gasteiger partial charge in [0.2, 0.25) is 0 Å². The molecular weight excluding hydrogens is 208 g/mol. The van der Waals surface area contributed by atoms with E-state index in [1.54, 1.807) is 11.1 Å². The van der Waals surface area contributed by atoms with Gasteiger partial charge in [-0.3, -0.25) is 0 Å². The summed E-state index contributed by atoms with van der Waals surface area (Å²) in [4.78, 5) is 12.6. The number of carbonyl (C=O) groups excluding carboxylic acids is 1. The van der Waals surface area contributed by atoms with Crippen LogP contribution < -0.4 is 11.1 Å². The maximum atomic E-state index is 10.9. The molecule has 6 nitrogen and oxygen atoms in total. The van der Waals surface area contributed by atoms with Gasteiger partial charge >= 0.3 is 6.03 Å². The van der Waals surface area contributed by atoms with E-state index in [-0.39, 0.29) is 6.03 Å². The van der Waals surface area contributed by atoms with Crippen LogP contribution >= 0.6 is 0 Å². The van der Waals surface area contributed by atoms with Crippen molar-refractivity contribution in [1.29, 1.82) is 0 Å². The number of nitrogens with zero attached hydrogens (tertiary/aromatic N) is 2. The second-order valence-corrected chi connectivity index (χ2v) is 3.96. The third-order valence-corrected chi connectivity index (χ3v) is 2.86. The Morgan fingerprint density at radius 1 is 1.62 bits per heavy atom. The predicted molar refractivity (Wildman–Crippen MR) is 57.5 cm³/mol. The molecule has 0 atom stereocenters. The van der Waals surface area contributed by atoms with Crippen molar-refractivity contribution in [3.05, 3.63) is 18.0 Å². The SMILES string of the molecule is NC(=O)N1CCC(NCc2ccno2)CC1. The largest absolute Gasteiger partial charge is 0.360 e. The molecule has 88 valence electrons. The highest BCUT2D eigenvalue weighted by Gasteiger charge is 2.20. The summed E-state index contributed by atoms with van der Waals surface area (Å²) in [7, 11) is 0. The van der Waals surface area contributed by atoms with Crippen molar-refractivity contribution in [2.75, 3.05) is 13.1 Å². The lowest BCUT2D eigenvalue weighted by Crippen LogP contribution is -2.46. The zero-order valence-electron chi connectivity index (χ0n) is 9.06. The van der Waals surface area contributed by atoms with E-state index in [4.69, 9.17) is 10.3 Å². The van der Waals surface area contributed by atoms with E-state index in [9.17, 15) is 4.79 Å². The molecule has 1 aliphatic heterocycles. The molecule has 3 N–H and O–H groups in total. The minimum absolute atomic E-state index is 0.325. The molecule has 0 bridgehead atoms. The van der Waals surface area contributed by atoms with Gasteiger partial charge in [-0.1, -0.05) is 5.16 Å². The van der Waals surface area contributed by atoms with Gasteiger partial charge in [0.05, 0.1) is 12.7 Å². The van der Waals surface area contributed by atoms with Gasteiger partial charge in [-0.05, 0) is 12.8 Å². The molecule has 0 unspecified atom stereocenters. The quantitative estimate of drug-likeness (QED) is 0.773. The number of amides is 2. The van der Waals surface area contributed by atoms with E-state index in [2.05, 4.69) is 10.5 Å². The number of rotatable bonds is 3. The maximum absolute atomic E-state index is 10.9. The minimum Gasteiger partial charge on any atom is -0.360 e. The number of urea groups is 1.